The molecule has 0 fully saturated rings. The molecule has 7 nitrogen and oxygen atoms in total. The van der Waals surface area contributed by atoms with E-state index in [2.05, 4.69) is 20.3 Å². The van der Waals surface area contributed by atoms with Gasteiger partial charge in [-0.2, -0.15) is 4.98 Å². The van der Waals surface area contributed by atoms with Gasteiger partial charge < -0.3 is 11.5 Å². The zero-order valence-corrected chi connectivity index (χ0v) is 12.7. The van der Waals surface area contributed by atoms with Crippen LogP contribution in [-0.4, -0.2) is 25.0 Å². The van der Waals surface area contributed by atoms with Crippen molar-refractivity contribution in [3.8, 4) is 16.9 Å². The zero-order valence-electron chi connectivity index (χ0n) is 12.7. The molecule has 0 amide bonds. The summed E-state index contributed by atoms with van der Waals surface area (Å²) in [5.41, 5.74) is 13.3. The van der Waals surface area contributed by atoms with Gasteiger partial charge in [-0.25, -0.2) is 18.4 Å². The molecular weight excluding hydrogens is 328 g/mol. The fraction of sp³-hybridized carbons (Fsp3) is 0. The minimum atomic E-state index is -0.733. The lowest BCUT2D eigenvalue weighted by Crippen LogP contribution is -2.00. The Bertz CT molecular complexity index is 1110. The fourth-order valence-electron chi connectivity index (χ4n) is 2.51. The van der Waals surface area contributed by atoms with Crippen LogP contribution in [0.5, 0.6) is 0 Å². The first-order valence-electron chi connectivity index (χ1n) is 7.22. The van der Waals surface area contributed by atoms with Crippen LogP contribution in [0.15, 0.2) is 42.6 Å². The highest BCUT2D eigenvalue weighted by molar-refractivity contribution is 5.92. The predicted octanol–water partition coefficient (Wildman–Crippen LogP) is 2.32. The molecule has 4 N–H and O–H groups in total. The molecule has 9 heteroatoms. The van der Waals surface area contributed by atoms with Crippen LogP contribution >= 0.6 is 0 Å². The van der Waals surface area contributed by atoms with Crippen molar-refractivity contribution >= 4 is 22.7 Å². The number of nitrogens with zero attached hydrogens (tertiary/aromatic N) is 5. The van der Waals surface area contributed by atoms with Gasteiger partial charge in [-0.3, -0.25) is 0 Å². The Labute approximate surface area is 139 Å². The minimum Gasteiger partial charge on any atom is -0.383 e. The minimum absolute atomic E-state index is 0.0930. The third-order valence-corrected chi connectivity index (χ3v) is 3.69. The summed E-state index contributed by atoms with van der Waals surface area (Å²) in [6.07, 6.45) is 1.53. The van der Waals surface area contributed by atoms with Crippen LogP contribution in [0.1, 0.15) is 0 Å². The van der Waals surface area contributed by atoms with Crippen molar-refractivity contribution in [1.29, 1.82) is 0 Å². The number of aromatic nitrogens is 5. The Morgan fingerprint density at radius 1 is 0.960 bits per heavy atom. The van der Waals surface area contributed by atoms with Crippen LogP contribution in [0.4, 0.5) is 20.5 Å². The maximum atomic E-state index is 13.9. The summed E-state index contributed by atoms with van der Waals surface area (Å²) in [6.45, 7) is 0. The highest BCUT2D eigenvalue weighted by atomic mass is 19.1. The lowest BCUT2D eigenvalue weighted by molar-refractivity contribution is 0.572. The van der Waals surface area contributed by atoms with E-state index in [1.807, 2.05) is 0 Å². The van der Waals surface area contributed by atoms with Crippen LogP contribution in [0.2, 0.25) is 0 Å². The van der Waals surface area contributed by atoms with Gasteiger partial charge in [-0.15, -0.1) is 5.10 Å². The molecule has 2 heterocycles. The number of nitrogens with two attached hydrogens (primary N) is 2. The molecule has 0 spiro atoms. The molecule has 0 aliphatic carbocycles. The molecule has 0 radical (unpaired) electrons. The Morgan fingerprint density at radius 2 is 1.80 bits per heavy atom. The topological polar surface area (TPSA) is 109 Å². The molecule has 0 saturated carbocycles. The van der Waals surface area contributed by atoms with E-state index in [1.165, 1.54) is 16.9 Å². The number of fused-ring (bicyclic) bond motifs is 1. The Kier molecular flexibility index (Phi) is 3.27. The quantitative estimate of drug-likeness (QED) is 0.580. The number of hydrogen-bond acceptors (Lipinski definition) is 6. The summed E-state index contributed by atoms with van der Waals surface area (Å²) in [5.74, 6) is -1.05. The molecule has 4 rings (SSSR count). The van der Waals surface area contributed by atoms with Gasteiger partial charge >= 0.3 is 0 Å². The molecule has 0 aliphatic rings. The number of benzene rings is 2. The second-order valence-corrected chi connectivity index (χ2v) is 5.34. The molecule has 0 unspecified atom stereocenters. The number of anilines is 2. The van der Waals surface area contributed by atoms with Crippen molar-refractivity contribution in [2.75, 3.05) is 11.5 Å². The van der Waals surface area contributed by atoms with Crippen molar-refractivity contribution in [3.05, 3.63) is 54.2 Å². The summed E-state index contributed by atoms with van der Waals surface area (Å²) in [7, 11) is 0. The van der Waals surface area contributed by atoms with Gasteiger partial charge in [0.25, 0.3) is 0 Å². The molecule has 4 aromatic rings. The van der Waals surface area contributed by atoms with Crippen LogP contribution in [0, 0.1) is 11.6 Å². The van der Waals surface area contributed by atoms with Crippen molar-refractivity contribution in [1.82, 2.24) is 25.0 Å². The van der Waals surface area contributed by atoms with E-state index in [4.69, 9.17) is 11.5 Å². The number of hydrogen-bond donors (Lipinski definition) is 2. The molecule has 0 aliphatic heterocycles. The summed E-state index contributed by atoms with van der Waals surface area (Å²) < 4.78 is 28.1. The van der Waals surface area contributed by atoms with E-state index < -0.39 is 11.6 Å². The first-order valence-corrected chi connectivity index (χ1v) is 7.22. The van der Waals surface area contributed by atoms with Gasteiger partial charge in [0.05, 0.1) is 11.7 Å². The Morgan fingerprint density at radius 3 is 2.60 bits per heavy atom. The van der Waals surface area contributed by atoms with E-state index in [9.17, 15) is 8.78 Å². The second kappa shape index (κ2) is 5.48. The van der Waals surface area contributed by atoms with Gasteiger partial charge in [0.1, 0.15) is 23.0 Å². The average molecular weight is 339 g/mol. The van der Waals surface area contributed by atoms with Crippen LogP contribution in [-0.2, 0) is 0 Å². The molecule has 124 valence electrons. The van der Waals surface area contributed by atoms with E-state index in [1.54, 1.807) is 18.2 Å². The number of rotatable bonds is 2. The predicted molar refractivity (Wildman–Crippen MR) is 88.6 cm³/mol. The number of halogens is 2. The smallest absolute Gasteiger partial charge is 0.222 e. The number of nitrogen functional groups attached to an aromatic ring is 2. The third kappa shape index (κ3) is 2.61. The van der Waals surface area contributed by atoms with Gasteiger partial charge in [0, 0.05) is 17.0 Å². The maximum Gasteiger partial charge on any atom is 0.222 e. The molecule has 2 aromatic heterocycles. The van der Waals surface area contributed by atoms with E-state index >= 15 is 0 Å². The first kappa shape index (κ1) is 14.9. The van der Waals surface area contributed by atoms with Gasteiger partial charge in [-0.1, -0.05) is 11.3 Å². The monoisotopic (exact) mass is 339 g/mol. The molecule has 0 saturated heterocycles. The largest absolute Gasteiger partial charge is 0.383 e. The maximum absolute atomic E-state index is 13.9. The standard InChI is InChI=1S/C16H11F2N7/c17-9-2-4-14(11(18)6-9)25-7-13(23-24-25)8-1-3-12-10(5-8)15(19)22-16(20)21-12/h1-7H,(H4,19,20,21,22). The summed E-state index contributed by atoms with van der Waals surface area (Å²) in [5, 5.41) is 8.54. The normalized spacial score (nSPS) is 11.1. The summed E-state index contributed by atoms with van der Waals surface area (Å²) in [6, 6.07) is 8.48. The molecular formula is C16H11F2N7. The SMILES string of the molecule is Nc1nc(N)c2cc(-c3cn(-c4ccc(F)cc4F)nn3)ccc2n1. The van der Waals surface area contributed by atoms with E-state index in [-0.39, 0.29) is 17.5 Å². The lowest BCUT2D eigenvalue weighted by Gasteiger charge is -2.04. The highest BCUT2D eigenvalue weighted by Gasteiger charge is 2.12. The Hall–Kier alpha value is -3.62. The highest BCUT2D eigenvalue weighted by Crippen LogP contribution is 2.26. The fourth-order valence-corrected chi connectivity index (χ4v) is 2.51. The van der Waals surface area contributed by atoms with E-state index in [0.717, 1.165) is 12.1 Å². The molecule has 0 bridgehead atoms. The van der Waals surface area contributed by atoms with Gasteiger partial charge in [0.2, 0.25) is 5.95 Å². The van der Waals surface area contributed by atoms with Crippen molar-refractivity contribution in [2.45, 2.75) is 0 Å². The summed E-state index contributed by atoms with van der Waals surface area (Å²) >= 11 is 0. The van der Waals surface area contributed by atoms with Crippen molar-refractivity contribution in [3.63, 3.8) is 0 Å². The summed E-state index contributed by atoms with van der Waals surface area (Å²) in [4.78, 5) is 8.03. The molecule has 0 atom stereocenters. The second-order valence-electron chi connectivity index (χ2n) is 5.34. The average Bonchev–Trinajstić information content (AvgIpc) is 3.04. The van der Waals surface area contributed by atoms with Crippen LogP contribution in [0.25, 0.3) is 27.8 Å². The van der Waals surface area contributed by atoms with E-state index in [0.29, 0.717) is 22.2 Å². The molecule has 2 aromatic carbocycles. The van der Waals surface area contributed by atoms with Crippen molar-refractivity contribution < 1.29 is 8.78 Å². The van der Waals surface area contributed by atoms with Crippen molar-refractivity contribution in [2.24, 2.45) is 0 Å². The zero-order chi connectivity index (χ0) is 17.6. The molecule has 25 heavy (non-hydrogen) atoms. The van der Waals surface area contributed by atoms with Gasteiger partial charge in [0.15, 0.2) is 5.82 Å². The van der Waals surface area contributed by atoms with Crippen LogP contribution < -0.4 is 11.5 Å². The third-order valence-electron chi connectivity index (χ3n) is 3.69. The first-order chi connectivity index (χ1) is 12.0. The Balaban J connectivity index is 1.78. The lowest BCUT2D eigenvalue weighted by atomic mass is 10.1. The van der Waals surface area contributed by atoms with Gasteiger partial charge in [-0.05, 0) is 24.3 Å². The van der Waals surface area contributed by atoms with Crippen LogP contribution in [0.3, 0.4) is 0 Å².